The van der Waals surface area contributed by atoms with Crippen molar-refractivity contribution in [1.82, 2.24) is 5.16 Å². The normalized spacial score (nSPS) is 30.0. The molecule has 0 aromatic carbocycles. The second-order valence-electron chi connectivity index (χ2n) is 4.04. The highest BCUT2D eigenvalue weighted by Gasteiger charge is 2.63. The van der Waals surface area contributed by atoms with Crippen molar-refractivity contribution in [2.45, 2.75) is 19.8 Å². The summed E-state index contributed by atoms with van der Waals surface area (Å²) in [6.07, 6.45) is 1.47. The molecule has 1 N–H and O–H groups in total. The van der Waals surface area contributed by atoms with Gasteiger partial charge in [-0.05, 0) is 5.41 Å². The van der Waals surface area contributed by atoms with E-state index in [9.17, 15) is 4.79 Å². The number of nitrogens with zero attached hydrogens (tertiary/aromatic N) is 1. The second kappa shape index (κ2) is 2.34. The van der Waals surface area contributed by atoms with E-state index in [-0.39, 0.29) is 17.3 Å². The van der Waals surface area contributed by atoms with Crippen LogP contribution in [0.2, 0.25) is 0 Å². The Balaban J connectivity index is 2.25. The first kappa shape index (κ1) is 8.29. The summed E-state index contributed by atoms with van der Waals surface area (Å²) in [5.74, 6) is -1.07. The third kappa shape index (κ3) is 1.05. The summed E-state index contributed by atoms with van der Waals surface area (Å²) in [5.41, 5.74) is 0.556. The fourth-order valence-corrected chi connectivity index (χ4v) is 2.03. The zero-order chi connectivity index (χ0) is 9.64. The molecule has 2 atom stereocenters. The summed E-state index contributed by atoms with van der Waals surface area (Å²) in [6.45, 7) is 3.87. The van der Waals surface area contributed by atoms with Crippen LogP contribution in [0.15, 0.2) is 16.9 Å². The lowest BCUT2D eigenvalue weighted by Gasteiger charge is -1.96. The molecule has 1 aromatic heterocycles. The fourth-order valence-electron chi connectivity index (χ4n) is 2.03. The molecular weight excluding hydrogens is 170 g/mol. The predicted octanol–water partition coefficient (Wildman–Crippen LogP) is 1.50. The van der Waals surface area contributed by atoms with Crippen LogP contribution >= 0.6 is 0 Å². The smallest absolute Gasteiger partial charge is 0.307 e. The van der Waals surface area contributed by atoms with Crippen molar-refractivity contribution in [3.63, 3.8) is 0 Å². The minimum Gasteiger partial charge on any atom is -0.481 e. The molecule has 1 saturated carbocycles. The van der Waals surface area contributed by atoms with E-state index >= 15 is 0 Å². The van der Waals surface area contributed by atoms with Crippen LogP contribution < -0.4 is 0 Å². The number of rotatable bonds is 2. The molecule has 0 aliphatic heterocycles. The summed E-state index contributed by atoms with van der Waals surface area (Å²) >= 11 is 0. The van der Waals surface area contributed by atoms with Crippen molar-refractivity contribution >= 4 is 5.97 Å². The molecule has 13 heavy (non-hydrogen) atoms. The van der Waals surface area contributed by atoms with Gasteiger partial charge < -0.3 is 9.63 Å². The van der Waals surface area contributed by atoms with Gasteiger partial charge in [-0.1, -0.05) is 19.0 Å². The minimum atomic E-state index is -0.752. The van der Waals surface area contributed by atoms with E-state index in [2.05, 4.69) is 5.16 Å². The first-order chi connectivity index (χ1) is 6.05. The third-order valence-electron chi connectivity index (χ3n) is 2.87. The van der Waals surface area contributed by atoms with Crippen LogP contribution in [0, 0.1) is 11.3 Å². The largest absolute Gasteiger partial charge is 0.481 e. The Morgan fingerprint density at radius 1 is 1.69 bits per heavy atom. The number of aromatic nitrogens is 1. The Hall–Kier alpha value is -1.32. The molecule has 4 heteroatoms. The van der Waals surface area contributed by atoms with Crippen molar-refractivity contribution in [3.05, 3.63) is 18.0 Å². The van der Waals surface area contributed by atoms with Crippen molar-refractivity contribution in [2.75, 3.05) is 0 Å². The van der Waals surface area contributed by atoms with Gasteiger partial charge in [0, 0.05) is 12.0 Å². The Morgan fingerprint density at radius 2 is 2.38 bits per heavy atom. The van der Waals surface area contributed by atoms with Crippen molar-refractivity contribution in [3.8, 4) is 0 Å². The standard InChI is InChI=1S/C9H11NO3/c1-9(2)6(7(9)8(11)12)5-3-4-13-10-5/h3-4,6-7H,1-2H3,(H,11,12)/t6-,7+/m1/s1. The summed E-state index contributed by atoms with van der Waals surface area (Å²) in [6, 6.07) is 1.73. The predicted molar refractivity (Wildman–Crippen MR) is 44.2 cm³/mol. The van der Waals surface area contributed by atoms with Crippen LogP contribution in [0.5, 0.6) is 0 Å². The van der Waals surface area contributed by atoms with E-state index in [4.69, 9.17) is 9.63 Å². The molecule has 70 valence electrons. The molecule has 4 nitrogen and oxygen atoms in total. The molecule has 0 bridgehead atoms. The minimum absolute atomic E-state index is 0.00347. The Kier molecular flexibility index (Phi) is 1.49. The van der Waals surface area contributed by atoms with Gasteiger partial charge in [0.15, 0.2) is 0 Å². The molecular formula is C9H11NO3. The van der Waals surface area contributed by atoms with Crippen LogP contribution in [-0.2, 0) is 4.79 Å². The maximum absolute atomic E-state index is 10.8. The van der Waals surface area contributed by atoms with Crippen molar-refractivity contribution < 1.29 is 14.4 Å². The monoisotopic (exact) mass is 181 g/mol. The van der Waals surface area contributed by atoms with Crippen LogP contribution in [0.25, 0.3) is 0 Å². The highest BCUT2D eigenvalue weighted by atomic mass is 16.5. The Bertz CT molecular complexity index is 329. The first-order valence-corrected chi connectivity index (χ1v) is 4.18. The van der Waals surface area contributed by atoms with E-state index < -0.39 is 5.97 Å². The molecule has 0 spiro atoms. The quantitative estimate of drug-likeness (QED) is 0.750. The lowest BCUT2D eigenvalue weighted by Crippen LogP contribution is -2.03. The summed E-state index contributed by atoms with van der Waals surface area (Å²) in [5, 5.41) is 12.7. The molecule has 0 saturated heterocycles. The van der Waals surface area contributed by atoms with E-state index in [1.807, 2.05) is 13.8 Å². The van der Waals surface area contributed by atoms with E-state index in [1.54, 1.807) is 6.07 Å². The summed E-state index contributed by atoms with van der Waals surface area (Å²) < 4.78 is 4.69. The molecule has 1 aromatic rings. The Labute approximate surface area is 75.5 Å². The second-order valence-corrected chi connectivity index (χ2v) is 4.04. The van der Waals surface area contributed by atoms with E-state index in [1.165, 1.54) is 6.26 Å². The lowest BCUT2D eigenvalue weighted by molar-refractivity contribution is -0.139. The van der Waals surface area contributed by atoms with Crippen molar-refractivity contribution in [2.24, 2.45) is 11.3 Å². The lowest BCUT2D eigenvalue weighted by atomic mass is 10.1. The van der Waals surface area contributed by atoms with Crippen LogP contribution in [0.1, 0.15) is 25.5 Å². The Morgan fingerprint density at radius 3 is 2.77 bits per heavy atom. The zero-order valence-corrected chi connectivity index (χ0v) is 7.52. The average molecular weight is 181 g/mol. The van der Waals surface area contributed by atoms with Gasteiger partial charge in [0.05, 0.1) is 11.6 Å². The SMILES string of the molecule is CC1(C)[C@H](C(=O)O)[C@H]1c1ccon1. The zero-order valence-electron chi connectivity index (χ0n) is 7.52. The summed E-state index contributed by atoms with van der Waals surface area (Å²) in [4.78, 5) is 10.8. The van der Waals surface area contributed by atoms with Crippen molar-refractivity contribution in [1.29, 1.82) is 0 Å². The number of aliphatic carboxylic acids is 1. The van der Waals surface area contributed by atoms with Gasteiger partial charge in [-0.3, -0.25) is 4.79 Å². The number of hydrogen-bond donors (Lipinski definition) is 1. The van der Waals surface area contributed by atoms with Gasteiger partial charge in [-0.15, -0.1) is 0 Å². The van der Waals surface area contributed by atoms with Gasteiger partial charge in [0.2, 0.25) is 0 Å². The van der Waals surface area contributed by atoms with Crippen LogP contribution in [0.4, 0.5) is 0 Å². The molecule has 1 aliphatic carbocycles. The van der Waals surface area contributed by atoms with E-state index in [0.29, 0.717) is 0 Å². The highest BCUT2D eigenvalue weighted by molar-refractivity contribution is 5.77. The fraction of sp³-hybridized carbons (Fsp3) is 0.556. The van der Waals surface area contributed by atoms with Crippen LogP contribution in [-0.4, -0.2) is 16.2 Å². The third-order valence-corrected chi connectivity index (χ3v) is 2.87. The molecule has 2 rings (SSSR count). The van der Waals surface area contributed by atoms with Gasteiger partial charge >= 0.3 is 5.97 Å². The van der Waals surface area contributed by atoms with Gasteiger partial charge in [-0.2, -0.15) is 0 Å². The molecule has 1 fully saturated rings. The maximum atomic E-state index is 10.8. The highest BCUT2D eigenvalue weighted by Crippen LogP contribution is 2.63. The van der Waals surface area contributed by atoms with Gasteiger partial charge in [0.1, 0.15) is 6.26 Å². The topological polar surface area (TPSA) is 63.3 Å². The van der Waals surface area contributed by atoms with Crippen LogP contribution in [0.3, 0.4) is 0 Å². The molecule has 0 amide bonds. The maximum Gasteiger partial charge on any atom is 0.307 e. The molecule has 0 unspecified atom stereocenters. The van der Waals surface area contributed by atoms with Gasteiger partial charge in [-0.25, -0.2) is 0 Å². The molecule has 0 radical (unpaired) electrons. The number of hydrogen-bond acceptors (Lipinski definition) is 3. The first-order valence-electron chi connectivity index (χ1n) is 4.18. The average Bonchev–Trinajstić information content (AvgIpc) is 2.50. The number of carbonyl (C=O) groups is 1. The van der Waals surface area contributed by atoms with Gasteiger partial charge in [0.25, 0.3) is 0 Å². The molecule has 1 heterocycles. The van der Waals surface area contributed by atoms with E-state index in [0.717, 1.165) is 5.69 Å². The summed E-state index contributed by atoms with van der Waals surface area (Å²) in [7, 11) is 0. The number of carboxylic acid groups (broad SMARTS) is 1. The number of carboxylic acids is 1. The molecule has 1 aliphatic rings.